The largest absolute Gasteiger partial charge is 0.394 e. The van der Waals surface area contributed by atoms with Crippen molar-refractivity contribution in [3.63, 3.8) is 0 Å². The van der Waals surface area contributed by atoms with E-state index in [0.717, 1.165) is 44.9 Å². The van der Waals surface area contributed by atoms with Crippen molar-refractivity contribution in [3.8, 4) is 0 Å². The second kappa shape index (κ2) is 47.5. The predicted molar refractivity (Wildman–Crippen MR) is 319 cm³/mol. The summed E-state index contributed by atoms with van der Waals surface area (Å²) in [6, 6.07) is -0.966. The van der Waals surface area contributed by atoms with Crippen LogP contribution in [0.3, 0.4) is 0 Å². The summed E-state index contributed by atoms with van der Waals surface area (Å²) in [4.78, 5) is 13.3. The topological polar surface area (TPSA) is 307 Å². The first kappa shape index (κ1) is 75.8. The van der Waals surface area contributed by atoms with Gasteiger partial charge in [-0.2, -0.15) is 0 Å². The van der Waals surface area contributed by atoms with Crippen LogP contribution in [-0.2, 0) is 33.2 Å². The van der Waals surface area contributed by atoms with Crippen molar-refractivity contribution < 1.29 is 89.4 Å². The molecule has 0 bridgehead atoms. The van der Waals surface area contributed by atoms with E-state index >= 15 is 0 Å². The van der Waals surface area contributed by atoms with Crippen molar-refractivity contribution >= 4 is 5.91 Å². The van der Waals surface area contributed by atoms with Crippen molar-refractivity contribution in [2.75, 3.05) is 26.4 Å². The minimum absolute atomic E-state index is 0.247. The van der Waals surface area contributed by atoms with E-state index in [1.165, 1.54) is 186 Å². The normalized spacial score (nSPS) is 29.4. The Labute approximate surface area is 499 Å². The van der Waals surface area contributed by atoms with Crippen LogP contribution in [0.25, 0.3) is 0 Å². The fourth-order valence-electron chi connectivity index (χ4n) is 11.6. The standard InChI is InChI=1S/C64H121NO18/c1-3-5-7-9-11-13-14-15-16-17-18-19-20-21-22-23-24-25-26-27-28-29-30-31-32-34-35-37-39-41-48(69)47(65-52(70)42-40-38-36-33-12-10-8-6-4-2)46-78-62-58(76)55(73)60(50(44-67)80-62)83-64-59(77)56(74)61(51(45-68)81-64)82-63-57(75)54(72)53(71)49(43-66)79-63/h39,41,47-51,53-64,66-69,71-77H,3-38,40,42-46H2,1-2H3,(H,65,70)/b41-39+. The molecule has 19 heteroatoms. The van der Waals surface area contributed by atoms with Gasteiger partial charge in [-0.15, -0.1) is 0 Å². The summed E-state index contributed by atoms with van der Waals surface area (Å²) < 4.78 is 34.2. The second-order valence-electron chi connectivity index (χ2n) is 24.3. The van der Waals surface area contributed by atoms with E-state index in [1.807, 2.05) is 6.08 Å². The first-order chi connectivity index (χ1) is 40.3. The molecular formula is C64H121NO18. The molecule has 0 aliphatic carbocycles. The van der Waals surface area contributed by atoms with Crippen LogP contribution < -0.4 is 5.32 Å². The molecule has 0 radical (unpaired) electrons. The van der Waals surface area contributed by atoms with Gasteiger partial charge in [-0.05, 0) is 19.3 Å². The number of rotatable bonds is 51. The highest BCUT2D eigenvalue weighted by atomic mass is 16.8. The summed E-state index contributed by atoms with van der Waals surface area (Å²) in [6.45, 7) is 1.72. The smallest absolute Gasteiger partial charge is 0.220 e. The van der Waals surface area contributed by atoms with Crippen molar-refractivity contribution in [1.29, 1.82) is 0 Å². The van der Waals surface area contributed by atoms with E-state index < -0.39 is 124 Å². The number of aliphatic hydroxyl groups excluding tert-OH is 11. The minimum atomic E-state index is -1.97. The Morgan fingerprint density at radius 1 is 0.422 bits per heavy atom. The van der Waals surface area contributed by atoms with Crippen LogP contribution >= 0.6 is 0 Å². The third kappa shape index (κ3) is 30.5. The van der Waals surface area contributed by atoms with Crippen LogP contribution in [0.4, 0.5) is 0 Å². The molecule has 3 aliphatic rings. The van der Waals surface area contributed by atoms with Gasteiger partial charge in [-0.25, -0.2) is 0 Å². The molecule has 3 fully saturated rings. The Morgan fingerprint density at radius 2 is 0.747 bits per heavy atom. The van der Waals surface area contributed by atoms with Gasteiger partial charge in [0.25, 0.3) is 0 Å². The van der Waals surface area contributed by atoms with Gasteiger partial charge in [-0.3, -0.25) is 4.79 Å². The lowest BCUT2D eigenvalue weighted by Crippen LogP contribution is -2.66. The number of ether oxygens (including phenoxy) is 6. The van der Waals surface area contributed by atoms with Crippen LogP contribution in [0.5, 0.6) is 0 Å². The molecule has 3 saturated heterocycles. The molecule has 17 atom stereocenters. The average Bonchev–Trinajstić information content (AvgIpc) is 3.32. The highest BCUT2D eigenvalue weighted by molar-refractivity contribution is 5.76. The molecule has 3 rings (SSSR count). The number of nitrogens with one attached hydrogen (secondary N) is 1. The number of unbranched alkanes of at least 4 members (excludes halogenated alkanes) is 35. The van der Waals surface area contributed by atoms with Crippen molar-refractivity contribution in [3.05, 3.63) is 12.2 Å². The molecule has 0 aromatic carbocycles. The van der Waals surface area contributed by atoms with Gasteiger partial charge in [0.1, 0.15) is 73.2 Å². The number of carbonyl (C=O) groups is 1. The summed E-state index contributed by atoms with van der Waals surface area (Å²) in [5, 5.41) is 120. The molecule has 490 valence electrons. The summed E-state index contributed by atoms with van der Waals surface area (Å²) in [5.74, 6) is -0.276. The number of carbonyl (C=O) groups excluding carboxylic acids is 1. The molecule has 0 saturated carbocycles. The molecule has 0 spiro atoms. The summed E-state index contributed by atoms with van der Waals surface area (Å²) in [6.07, 6.45) is 23.8. The first-order valence-electron chi connectivity index (χ1n) is 33.4. The van der Waals surface area contributed by atoms with E-state index in [1.54, 1.807) is 6.08 Å². The van der Waals surface area contributed by atoms with E-state index in [4.69, 9.17) is 28.4 Å². The predicted octanol–water partition coefficient (Wildman–Crippen LogP) is 7.72. The Kier molecular flexibility index (Phi) is 43.4. The van der Waals surface area contributed by atoms with Gasteiger partial charge in [0.05, 0.1) is 38.6 Å². The van der Waals surface area contributed by atoms with Gasteiger partial charge < -0.3 is 89.9 Å². The molecule has 12 N–H and O–H groups in total. The molecule has 83 heavy (non-hydrogen) atoms. The SMILES string of the molecule is CCCCCCCCCCCCCCCCCCCCCCCCCCCCC/C=C/C(O)C(COC1OC(CO)C(OC2OC(CO)C(OC3OC(CO)C(O)C(O)C3O)C(O)C2O)C(O)C1O)NC(=O)CCCCCCCCCCC. The summed E-state index contributed by atoms with van der Waals surface area (Å²) >= 11 is 0. The van der Waals surface area contributed by atoms with Crippen LogP contribution in [0, 0.1) is 0 Å². The highest BCUT2D eigenvalue weighted by Crippen LogP contribution is 2.33. The fraction of sp³-hybridized carbons (Fsp3) is 0.953. The molecule has 0 aromatic rings. The van der Waals surface area contributed by atoms with Gasteiger partial charge in [0.2, 0.25) is 5.91 Å². The average molecular weight is 1190 g/mol. The van der Waals surface area contributed by atoms with Crippen LogP contribution in [-0.4, -0.2) is 193 Å². The van der Waals surface area contributed by atoms with E-state index in [0.29, 0.717) is 6.42 Å². The Balaban J connectivity index is 1.38. The maximum absolute atomic E-state index is 13.3. The number of hydrogen-bond acceptors (Lipinski definition) is 18. The van der Waals surface area contributed by atoms with Gasteiger partial charge >= 0.3 is 0 Å². The van der Waals surface area contributed by atoms with Crippen LogP contribution in [0.2, 0.25) is 0 Å². The van der Waals surface area contributed by atoms with E-state index in [2.05, 4.69) is 19.2 Å². The number of aliphatic hydroxyl groups is 11. The molecule has 1 amide bonds. The maximum Gasteiger partial charge on any atom is 0.220 e. The second-order valence-corrected chi connectivity index (χ2v) is 24.3. The molecule has 3 aliphatic heterocycles. The molecular weight excluding hydrogens is 1070 g/mol. The van der Waals surface area contributed by atoms with Gasteiger partial charge in [-0.1, -0.05) is 244 Å². The van der Waals surface area contributed by atoms with Gasteiger partial charge in [0, 0.05) is 6.42 Å². The fourth-order valence-corrected chi connectivity index (χ4v) is 11.6. The zero-order valence-corrected chi connectivity index (χ0v) is 51.4. The van der Waals surface area contributed by atoms with Crippen molar-refractivity contribution in [1.82, 2.24) is 5.32 Å². The minimum Gasteiger partial charge on any atom is -0.394 e. The third-order valence-electron chi connectivity index (χ3n) is 17.1. The quantitative estimate of drug-likeness (QED) is 0.0205. The Hall–Kier alpha value is -1.47. The Morgan fingerprint density at radius 3 is 1.13 bits per heavy atom. The number of amides is 1. The van der Waals surface area contributed by atoms with Crippen molar-refractivity contribution in [2.24, 2.45) is 0 Å². The highest BCUT2D eigenvalue weighted by Gasteiger charge is 2.53. The third-order valence-corrected chi connectivity index (χ3v) is 17.1. The Bertz CT molecular complexity index is 1560. The van der Waals surface area contributed by atoms with Crippen molar-refractivity contribution in [2.45, 2.75) is 362 Å². The maximum atomic E-state index is 13.3. The molecule has 0 aromatic heterocycles. The number of allylic oxidation sites excluding steroid dienone is 1. The zero-order chi connectivity index (χ0) is 60.5. The van der Waals surface area contributed by atoms with Crippen LogP contribution in [0.1, 0.15) is 258 Å². The lowest BCUT2D eigenvalue weighted by atomic mass is 9.96. The summed E-state index contributed by atoms with van der Waals surface area (Å²) in [7, 11) is 0. The lowest BCUT2D eigenvalue weighted by Gasteiger charge is -2.48. The number of hydrogen-bond donors (Lipinski definition) is 12. The van der Waals surface area contributed by atoms with Gasteiger partial charge in [0.15, 0.2) is 18.9 Å². The van der Waals surface area contributed by atoms with E-state index in [9.17, 15) is 61.0 Å². The first-order valence-corrected chi connectivity index (χ1v) is 33.4. The molecule has 19 nitrogen and oxygen atoms in total. The molecule has 17 unspecified atom stereocenters. The molecule has 3 heterocycles. The zero-order valence-electron chi connectivity index (χ0n) is 51.4. The van der Waals surface area contributed by atoms with E-state index in [-0.39, 0.29) is 18.9 Å². The lowest BCUT2D eigenvalue weighted by molar-refractivity contribution is -0.379. The monoisotopic (exact) mass is 1190 g/mol. The summed E-state index contributed by atoms with van der Waals surface area (Å²) in [5.41, 5.74) is 0. The van der Waals surface area contributed by atoms with Crippen LogP contribution in [0.15, 0.2) is 12.2 Å².